The molecule has 0 radical (unpaired) electrons. The number of nitrogens with zero attached hydrogens (tertiary/aromatic N) is 2. The average Bonchev–Trinajstić information content (AvgIpc) is 2.74. The quantitative estimate of drug-likeness (QED) is 0.549. The normalized spacial score (nSPS) is 14.2. The van der Waals surface area contributed by atoms with Gasteiger partial charge >= 0.3 is 11.8 Å². The third-order valence-corrected chi connectivity index (χ3v) is 6.28. The number of hydrogen-bond acceptors (Lipinski definition) is 5. The first kappa shape index (κ1) is 22.2. The van der Waals surface area contributed by atoms with E-state index in [0.717, 1.165) is 29.8 Å². The lowest BCUT2D eigenvalue weighted by atomic mass is 9.96. The molecule has 0 saturated heterocycles. The van der Waals surface area contributed by atoms with E-state index in [1.807, 2.05) is 38.6 Å². The van der Waals surface area contributed by atoms with Gasteiger partial charge in [0.25, 0.3) is 0 Å². The van der Waals surface area contributed by atoms with Crippen LogP contribution in [0.3, 0.4) is 0 Å². The predicted octanol–water partition coefficient (Wildman–Crippen LogP) is 3.15. The van der Waals surface area contributed by atoms with Crippen LogP contribution in [0.25, 0.3) is 0 Å². The highest BCUT2D eigenvalue weighted by molar-refractivity contribution is 7.98. The lowest BCUT2D eigenvalue weighted by molar-refractivity contribution is -0.136. The minimum absolute atomic E-state index is 0.0160. The first-order valence-corrected chi connectivity index (χ1v) is 11.4. The van der Waals surface area contributed by atoms with Crippen molar-refractivity contribution in [2.24, 2.45) is 0 Å². The van der Waals surface area contributed by atoms with Crippen molar-refractivity contribution in [3.63, 3.8) is 0 Å². The summed E-state index contributed by atoms with van der Waals surface area (Å²) in [5, 5.41) is 5.51. The summed E-state index contributed by atoms with van der Waals surface area (Å²) in [4.78, 5) is 30.1. The van der Waals surface area contributed by atoms with Gasteiger partial charge < -0.3 is 20.4 Å². The van der Waals surface area contributed by atoms with Crippen molar-refractivity contribution >= 4 is 35.0 Å². The SMILES string of the molecule is CSc1ccccc1NC(=O)C(=O)NC[C@H](c1ccc2c(c1)CCCN2C)N(C)C. The minimum atomic E-state index is -0.652. The number of rotatable bonds is 6. The molecule has 0 aliphatic carbocycles. The van der Waals surface area contributed by atoms with Gasteiger partial charge in [-0.3, -0.25) is 9.59 Å². The Morgan fingerprint density at radius 2 is 1.93 bits per heavy atom. The van der Waals surface area contributed by atoms with Gasteiger partial charge in [0.2, 0.25) is 0 Å². The second-order valence-corrected chi connectivity index (χ2v) is 8.61. The van der Waals surface area contributed by atoms with Crippen LogP contribution in [0, 0.1) is 0 Å². The van der Waals surface area contributed by atoms with Crippen LogP contribution in [0.15, 0.2) is 47.4 Å². The zero-order chi connectivity index (χ0) is 21.7. The van der Waals surface area contributed by atoms with Crippen molar-refractivity contribution in [1.82, 2.24) is 10.2 Å². The van der Waals surface area contributed by atoms with E-state index < -0.39 is 11.8 Å². The zero-order valence-corrected chi connectivity index (χ0v) is 18.9. The van der Waals surface area contributed by atoms with Gasteiger partial charge in [0.1, 0.15) is 0 Å². The molecular weight excluding hydrogens is 396 g/mol. The zero-order valence-electron chi connectivity index (χ0n) is 18.1. The Kier molecular flexibility index (Phi) is 7.39. The largest absolute Gasteiger partial charge is 0.374 e. The number of hydrogen-bond donors (Lipinski definition) is 2. The maximum atomic E-state index is 12.4. The number of para-hydroxylation sites is 1. The molecule has 0 aromatic heterocycles. The van der Waals surface area contributed by atoms with Crippen molar-refractivity contribution < 1.29 is 9.59 Å². The fourth-order valence-corrected chi connectivity index (χ4v) is 4.36. The average molecular weight is 427 g/mol. The topological polar surface area (TPSA) is 64.7 Å². The molecule has 2 aromatic rings. The van der Waals surface area contributed by atoms with Crippen molar-refractivity contribution in [3.8, 4) is 0 Å². The lowest BCUT2D eigenvalue weighted by Gasteiger charge is -2.30. The second-order valence-electron chi connectivity index (χ2n) is 7.76. The van der Waals surface area contributed by atoms with Gasteiger partial charge in [-0.2, -0.15) is 0 Å². The highest BCUT2D eigenvalue weighted by Gasteiger charge is 2.21. The molecule has 1 aliphatic rings. The van der Waals surface area contributed by atoms with Gasteiger partial charge in [0.15, 0.2) is 0 Å². The molecule has 3 rings (SSSR count). The van der Waals surface area contributed by atoms with Gasteiger partial charge in [0, 0.05) is 30.7 Å². The van der Waals surface area contributed by atoms with Crippen LogP contribution in [-0.2, 0) is 16.0 Å². The fraction of sp³-hybridized carbons (Fsp3) is 0.391. The minimum Gasteiger partial charge on any atom is -0.374 e. The van der Waals surface area contributed by atoms with Gasteiger partial charge in [-0.05, 0) is 62.5 Å². The number of anilines is 2. The summed E-state index contributed by atoms with van der Waals surface area (Å²) in [6.45, 7) is 1.44. The molecule has 6 nitrogen and oxygen atoms in total. The number of fused-ring (bicyclic) bond motifs is 1. The molecule has 0 saturated carbocycles. The number of likely N-dealkylation sites (N-methyl/N-ethyl adjacent to an activating group) is 1. The van der Waals surface area contributed by atoms with E-state index >= 15 is 0 Å². The van der Waals surface area contributed by atoms with Crippen LogP contribution in [0.1, 0.15) is 23.6 Å². The van der Waals surface area contributed by atoms with E-state index in [4.69, 9.17) is 0 Å². The number of amides is 2. The molecule has 1 aliphatic heterocycles. The Morgan fingerprint density at radius 3 is 2.67 bits per heavy atom. The summed E-state index contributed by atoms with van der Waals surface area (Å²) in [5.41, 5.74) is 4.40. The number of carbonyl (C=O) groups is 2. The molecule has 0 fully saturated rings. The Bertz CT molecular complexity index is 916. The summed E-state index contributed by atoms with van der Waals surface area (Å²) in [6.07, 6.45) is 4.15. The molecule has 0 spiro atoms. The predicted molar refractivity (Wildman–Crippen MR) is 124 cm³/mol. The fourth-order valence-electron chi connectivity index (χ4n) is 3.81. The molecule has 2 aromatic carbocycles. The maximum absolute atomic E-state index is 12.4. The van der Waals surface area contributed by atoms with Gasteiger partial charge in [-0.15, -0.1) is 11.8 Å². The second kappa shape index (κ2) is 10.00. The first-order chi connectivity index (χ1) is 14.4. The van der Waals surface area contributed by atoms with E-state index in [0.29, 0.717) is 12.2 Å². The monoisotopic (exact) mass is 426 g/mol. The Hall–Kier alpha value is -2.51. The van der Waals surface area contributed by atoms with Gasteiger partial charge in [-0.1, -0.05) is 24.3 Å². The molecule has 2 amide bonds. The third-order valence-electron chi connectivity index (χ3n) is 5.48. The van der Waals surface area contributed by atoms with Crippen LogP contribution >= 0.6 is 11.8 Å². The molecule has 160 valence electrons. The number of thioether (sulfide) groups is 1. The molecule has 1 heterocycles. The lowest BCUT2D eigenvalue weighted by Crippen LogP contribution is -2.40. The molecule has 2 N–H and O–H groups in total. The molecule has 1 atom stereocenters. The molecule has 0 unspecified atom stereocenters. The van der Waals surface area contributed by atoms with Crippen molar-refractivity contribution in [2.45, 2.75) is 23.8 Å². The highest BCUT2D eigenvalue weighted by atomic mass is 32.2. The number of benzene rings is 2. The standard InChI is InChI=1S/C23H30N4O2S/c1-26(2)20(17-11-12-19-16(14-17)8-7-13-27(19)3)15-24-22(28)23(29)25-18-9-5-6-10-21(18)30-4/h5-6,9-12,14,20H,7-8,13,15H2,1-4H3,(H,24,28)(H,25,29)/t20-/m1/s1. The van der Waals surface area contributed by atoms with Gasteiger partial charge in [0.05, 0.1) is 11.7 Å². The summed E-state index contributed by atoms with van der Waals surface area (Å²) in [5.74, 6) is -1.28. The first-order valence-electron chi connectivity index (χ1n) is 10.1. The van der Waals surface area contributed by atoms with Crippen LogP contribution in [0.4, 0.5) is 11.4 Å². The van der Waals surface area contributed by atoms with Crippen molar-refractivity contribution in [1.29, 1.82) is 0 Å². The number of carbonyl (C=O) groups excluding carboxylic acids is 2. The van der Waals surface area contributed by atoms with Crippen LogP contribution in [0.5, 0.6) is 0 Å². The summed E-state index contributed by atoms with van der Waals surface area (Å²) < 4.78 is 0. The smallest absolute Gasteiger partial charge is 0.313 e. The summed E-state index contributed by atoms with van der Waals surface area (Å²) >= 11 is 1.52. The number of aryl methyl sites for hydroxylation is 1. The highest BCUT2D eigenvalue weighted by Crippen LogP contribution is 2.30. The van der Waals surface area contributed by atoms with Crippen molar-refractivity contribution in [2.75, 3.05) is 50.7 Å². The van der Waals surface area contributed by atoms with E-state index in [9.17, 15) is 9.59 Å². The van der Waals surface area contributed by atoms with Crippen LogP contribution in [0.2, 0.25) is 0 Å². The van der Waals surface area contributed by atoms with E-state index in [-0.39, 0.29) is 6.04 Å². The van der Waals surface area contributed by atoms with E-state index in [2.05, 4.69) is 45.7 Å². The molecule has 7 heteroatoms. The van der Waals surface area contributed by atoms with E-state index in [1.54, 1.807) is 6.07 Å². The molecule has 0 bridgehead atoms. The molecular formula is C23H30N4O2S. The molecule has 30 heavy (non-hydrogen) atoms. The van der Waals surface area contributed by atoms with Crippen LogP contribution < -0.4 is 15.5 Å². The summed E-state index contributed by atoms with van der Waals surface area (Å²) in [7, 11) is 6.09. The Morgan fingerprint density at radius 1 is 1.17 bits per heavy atom. The maximum Gasteiger partial charge on any atom is 0.313 e. The third kappa shape index (κ3) is 5.15. The number of nitrogens with one attached hydrogen (secondary N) is 2. The Balaban J connectivity index is 1.66. The van der Waals surface area contributed by atoms with E-state index in [1.165, 1.54) is 23.0 Å². The Labute approximate surface area is 183 Å². The van der Waals surface area contributed by atoms with Crippen molar-refractivity contribution in [3.05, 3.63) is 53.6 Å². The van der Waals surface area contributed by atoms with Crippen LogP contribution in [-0.4, -0.2) is 57.2 Å². The summed E-state index contributed by atoms with van der Waals surface area (Å²) in [6, 6.07) is 13.9. The van der Waals surface area contributed by atoms with Gasteiger partial charge in [-0.25, -0.2) is 0 Å².